The molecule has 2 aliphatic rings. The Morgan fingerprint density at radius 2 is 2.12 bits per heavy atom. The van der Waals surface area contributed by atoms with Gasteiger partial charge in [-0.2, -0.15) is 12.7 Å². The Morgan fingerprint density at radius 3 is 2.71 bits per heavy atom. The summed E-state index contributed by atoms with van der Waals surface area (Å²) in [5.74, 6) is 0.894. The molecule has 2 rings (SSSR count). The predicted molar refractivity (Wildman–Crippen MR) is 69.3 cm³/mol. The van der Waals surface area contributed by atoms with Gasteiger partial charge < -0.3 is 0 Å². The average Bonchev–Trinajstić information content (AvgIpc) is 2.23. The second-order valence-corrected chi connectivity index (χ2v) is 7.77. The largest absolute Gasteiger partial charge is 0.279 e. The van der Waals surface area contributed by atoms with Crippen LogP contribution in [0.2, 0.25) is 0 Å². The fraction of sp³-hybridized carbons (Fsp3) is 1.00. The van der Waals surface area contributed by atoms with Crippen LogP contribution in [0.25, 0.3) is 0 Å². The molecule has 0 bridgehead atoms. The van der Waals surface area contributed by atoms with E-state index in [2.05, 4.69) is 11.6 Å². The normalized spacial score (nSPS) is 35.5. The third kappa shape index (κ3) is 3.56. The number of hydrogen-bond donors (Lipinski definition) is 1. The highest BCUT2D eigenvalue weighted by molar-refractivity contribution is 7.87. The van der Waals surface area contributed by atoms with E-state index in [1.807, 2.05) is 0 Å². The molecule has 6 heteroatoms. The monoisotopic (exact) mass is 280 g/mol. The van der Waals surface area contributed by atoms with Crippen molar-refractivity contribution in [2.24, 2.45) is 11.8 Å². The molecule has 0 spiro atoms. The predicted octanol–water partition coefficient (Wildman–Crippen LogP) is 1.57. The van der Waals surface area contributed by atoms with Gasteiger partial charge in [-0.05, 0) is 37.5 Å². The molecule has 100 valence electrons. The van der Waals surface area contributed by atoms with Gasteiger partial charge >= 0.3 is 0 Å². The lowest BCUT2D eigenvalue weighted by Gasteiger charge is -2.33. The molecule has 1 unspecified atom stereocenters. The molecule has 1 aliphatic carbocycles. The van der Waals surface area contributed by atoms with Crippen LogP contribution in [0.3, 0.4) is 0 Å². The van der Waals surface area contributed by atoms with Crippen molar-refractivity contribution < 1.29 is 8.42 Å². The van der Waals surface area contributed by atoms with E-state index in [0.29, 0.717) is 31.5 Å². The molecule has 4 nitrogen and oxygen atoms in total. The number of piperidine rings is 1. The van der Waals surface area contributed by atoms with Crippen LogP contribution in [0.1, 0.15) is 32.6 Å². The fourth-order valence-corrected chi connectivity index (χ4v) is 4.45. The van der Waals surface area contributed by atoms with Crippen LogP contribution >= 0.6 is 11.6 Å². The van der Waals surface area contributed by atoms with Gasteiger partial charge in [0.2, 0.25) is 0 Å². The Bertz CT molecular complexity index is 354. The highest BCUT2D eigenvalue weighted by Gasteiger charge is 2.31. The van der Waals surface area contributed by atoms with Gasteiger partial charge in [-0.3, -0.25) is 0 Å². The third-order valence-corrected chi connectivity index (χ3v) is 5.59. The zero-order valence-corrected chi connectivity index (χ0v) is 11.8. The summed E-state index contributed by atoms with van der Waals surface area (Å²) in [5.41, 5.74) is 0. The molecule has 2 fully saturated rings. The summed E-state index contributed by atoms with van der Waals surface area (Å²) in [5, 5.41) is 0.250. The maximum absolute atomic E-state index is 12.0. The van der Waals surface area contributed by atoms with E-state index in [1.54, 1.807) is 4.31 Å². The minimum atomic E-state index is -3.26. The first-order valence-electron chi connectivity index (χ1n) is 6.36. The van der Waals surface area contributed by atoms with Gasteiger partial charge in [0.15, 0.2) is 0 Å². The van der Waals surface area contributed by atoms with Gasteiger partial charge in [-0.25, -0.2) is 4.72 Å². The van der Waals surface area contributed by atoms with Gasteiger partial charge in [-0.15, -0.1) is 11.6 Å². The Morgan fingerprint density at radius 1 is 1.41 bits per heavy atom. The highest BCUT2D eigenvalue weighted by atomic mass is 35.5. The van der Waals surface area contributed by atoms with Crippen LogP contribution < -0.4 is 4.72 Å². The first kappa shape index (κ1) is 13.6. The molecule has 1 saturated carbocycles. The second-order valence-electron chi connectivity index (χ2n) is 5.39. The van der Waals surface area contributed by atoms with E-state index in [0.717, 1.165) is 25.7 Å². The standard InChI is InChI=1S/C11H21ClN2O2S/c1-9-3-2-4-14(8-9)17(15,16)13-7-10-5-11(12)6-10/h9-11,13H,2-8H2,1H3. The zero-order valence-electron chi connectivity index (χ0n) is 10.2. The van der Waals surface area contributed by atoms with Gasteiger partial charge in [0.05, 0.1) is 0 Å². The van der Waals surface area contributed by atoms with Crippen molar-refractivity contribution >= 4 is 21.8 Å². The molecule has 1 N–H and O–H groups in total. The van der Waals surface area contributed by atoms with E-state index < -0.39 is 10.2 Å². The van der Waals surface area contributed by atoms with Gasteiger partial charge in [0.1, 0.15) is 0 Å². The van der Waals surface area contributed by atoms with Crippen molar-refractivity contribution in [1.82, 2.24) is 9.03 Å². The first-order valence-corrected chi connectivity index (χ1v) is 8.24. The van der Waals surface area contributed by atoms with Gasteiger partial charge in [0.25, 0.3) is 10.2 Å². The maximum Gasteiger partial charge on any atom is 0.279 e. The number of alkyl halides is 1. The number of halogens is 1. The van der Waals surface area contributed by atoms with Crippen molar-refractivity contribution in [3.05, 3.63) is 0 Å². The topological polar surface area (TPSA) is 49.4 Å². The number of nitrogens with zero attached hydrogens (tertiary/aromatic N) is 1. The van der Waals surface area contributed by atoms with Crippen molar-refractivity contribution in [2.75, 3.05) is 19.6 Å². The Hall–Kier alpha value is 0.160. The number of rotatable bonds is 4. The van der Waals surface area contributed by atoms with Crippen LogP contribution in [-0.2, 0) is 10.2 Å². The Balaban J connectivity index is 1.81. The molecule has 0 aromatic rings. The number of hydrogen-bond acceptors (Lipinski definition) is 2. The Kier molecular flexibility index (Phi) is 4.34. The van der Waals surface area contributed by atoms with Crippen LogP contribution in [0, 0.1) is 11.8 Å². The van der Waals surface area contributed by atoms with E-state index >= 15 is 0 Å². The van der Waals surface area contributed by atoms with Gasteiger partial charge in [-0.1, -0.05) is 6.92 Å². The molecule has 1 heterocycles. The summed E-state index contributed by atoms with van der Waals surface area (Å²) in [6.45, 7) is 3.95. The molecular weight excluding hydrogens is 260 g/mol. The fourth-order valence-electron chi connectivity index (χ4n) is 2.50. The minimum Gasteiger partial charge on any atom is -0.202 e. The average molecular weight is 281 g/mol. The van der Waals surface area contributed by atoms with Crippen LogP contribution in [-0.4, -0.2) is 37.7 Å². The Labute approximate surface area is 109 Å². The zero-order chi connectivity index (χ0) is 12.5. The maximum atomic E-state index is 12.0. The molecule has 17 heavy (non-hydrogen) atoms. The highest BCUT2D eigenvalue weighted by Crippen LogP contribution is 2.31. The van der Waals surface area contributed by atoms with Crippen molar-refractivity contribution in [3.63, 3.8) is 0 Å². The second kappa shape index (κ2) is 5.43. The quantitative estimate of drug-likeness (QED) is 0.795. The minimum absolute atomic E-state index is 0.250. The SMILES string of the molecule is CC1CCCN(S(=O)(=O)NCC2CC(Cl)C2)C1. The lowest BCUT2D eigenvalue weighted by molar-refractivity contribution is 0.272. The number of nitrogens with one attached hydrogen (secondary N) is 1. The smallest absolute Gasteiger partial charge is 0.202 e. The lowest BCUT2D eigenvalue weighted by atomic mass is 9.85. The van der Waals surface area contributed by atoms with Crippen LogP contribution in [0.4, 0.5) is 0 Å². The summed E-state index contributed by atoms with van der Waals surface area (Å²) in [7, 11) is -3.26. The summed E-state index contributed by atoms with van der Waals surface area (Å²) >= 11 is 5.87. The summed E-state index contributed by atoms with van der Waals surface area (Å²) in [6.07, 6.45) is 3.96. The summed E-state index contributed by atoms with van der Waals surface area (Å²) in [6, 6.07) is 0. The van der Waals surface area contributed by atoms with Crippen molar-refractivity contribution in [1.29, 1.82) is 0 Å². The molecular formula is C11H21ClN2O2S. The van der Waals surface area contributed by atoms with Crippen molar-refractivity contribution in [2.45, 2.75) is 38.0 Å². The lowest BCUT2D eigenvalue weighted by Crippen LogP contribution is -2.47. The molecule has 0 amide bonds. The summed E-state index contributed by atoms with van der Waals surface area (Å²) < 4.78 is 28.4. The van der Waals surface area contributed by atoms with E-state index in [9.17, 15) is 8.42 Å². The summed E-state index contributed by atoms with van der Waals surface area (Å²) in [4.78, 5) is 0. The molecule has 1 aliphatic heterocycles. The molecule has 0 aromatic heterocycles. The molecule has 0 radical (unpaired) electrons. The molecule has 1 saturated heterocycles. The van der Waals surface area contributed by atoms with E-state index in [-0.39, 0.29) is 5.38 Å². The molecule has 0 aromatic carbocycles. The molecule has 1 atom stereocenters. The van der Waals surface area contributed by atoms with Gasteiger partial charge in [0, 0.05) is 25.0 Å². The van der Waals surface area contributed by atoms with Crippen molar-refractivity contribution in [3.8, 4) is 0 Å². The van der Waals surface area contributed by atoms with Crippen LogP contribution in [0.5, 0.6) is 0 Å². The van der Waals surface area contributed by atoms with E-state index in [1.165, 1.54) is 0 Å². The van der Waals surface area contributed by atoms with Crippen LogP contribution in [0.15, 0.2) is 0 Å². The van der Waals surface area contributed by atoms with E-state index in [4.69, 9.17) is 11.6 Å². The third-order valence-electron chi connectivity index (χ3n) is 3.69. The first-order chi connectivity index (χ1) is 7.97.